The number of nitrogens with two attached hydrogens (primary N) is 1. The Bertz CT molecular complexity index is 818. The fourth-order valence-electron chi connectivity index (χ4n) is 2.86. The average Bonchev–Trinajstić information content (AvgIpc) is 2.69. The van der Waals surface area contributed by atoms with E-state index >= 15 is 0 Å². The molecule has 0 bridgehead atoms. The summed E-state index contributed by atoms with van der Waals surface area (Å²) < 4.78 is 5.46. The fraction of sp³-hybridized carbons (Fsp3) is 0.318. The maximum atomic E-state index is 12.8. The van der Waals surface area contributed by atoms with Crippen LogP contribution in [0.2, 0.25) is 0 Å². The Balaban J connectivity index is 2.04. The van der Waals surface area contributed by atoms with Crippen molar-refractivity contribution in [1.29, 1.82) is 0 Å². The number of hydrogen-bond donors (Lipinski definition) is 2. The van der Waals surface area contributed by atoms with Gasteiger partial charge in [-0.25, -0.2) is 0 Å². The summed E-state index contributed by atoms with van der Waals surface area (Å²) in [5, 5.41) is 2.67. The molecule has 2 aromatic carbocycles. The van der Waals surface area contributed by atoms with Gasteiger partial charge in [0, 0.05) is 11.3 Å². The Morgan fingerprint density at radius 2 is 1.61 bits per heavy atom. The number of anilines is 1. The second-order valence-corrected chi connectivity index (χ2v) is 6.78. The van der Waals surface area contributed by atoms with Crippen LogP contribution in [-0.4, -0.2) is 23.9 Å². The Labute approximate surface area is 165 Å². The topological polar surface area (TPSA) is 98.5 Å². The number of carbonyl (C=O) groups is 3. The van der Waals surface area contributed by atoms with Crippen molar-refractivity contribution in [3.05, 3.63) is 65.7 Å². The third-order valence-corrected chi connectivity index (χ3v) is 4.72. The summed E-state index contributed by atoms with van der Waals surface area (Å²) in [5.41, 5.74) is 6.90. The van der Waals surface area contributed by atoms with Crippen LogP contribution in [0, 0.1) is 5.92 Å². The molecule has 0 fully saturated rings. The summed E-state index contributed by atoms with van der Waals surface area (Å²) in [5.74, 6) is -1.77. The van der Waals surface area contributed by atoms with Crippen LogP contribution in [0.3, 0.4) is 0 Å². The molecule has 0 unspecified atom stereocenters. The van der Waals surface area contributed by atoms with Crippen LogP contribution in [0.4, 0.5) is 5.69 Å². The first-order chi connectivity index (χ1) is 13.3. The van der Waals surface area contributed by atoms with Gasteiger partial charge in [0.1, 0.15) is 0 Å². The van der Waals surface area contributed by atoms with E-state index in [0.717, 1.165) is 12.0 Å². The number of primary amides is 1. The molecule has 0 radical (unpaired) electrons. The van der Waals surface area contributed by atoms with Crippen LogP contribution in [-0.2, 0) is 14.3 Å². The molecule has 0 saturated heterocycles. The van der Waals surface area contributed by atoms with Gasteiger partial charge in [-0.3, -0.25) is 14.4 Å². The Morgan fingerprint density at radius 1 is 1.00 bits per heavy atom. The summed E-state index contributed by atoms with van der Waals surface area (Å²) in [6.07, 6.45) is -0.153. The highest BCUT2D eigenvalue weighted by atomic mass is 16.5. The molecular weight excluding hydrogens is 356 g/mol. The summed E-state index contributed by atoms with van der Waals surface area (Å²) in [7, 11) is 0. The SMILES string of the molecule is CC[C@H](C)[C@H](C(=O)O[C@H](C)C(=O)Nc1ccc(C(N)=O)cc1)c1ccccc1. The van der Waals surface area contributed by atoms with E-state index in [0.29, 0.717) is 11.3 Å². The van der Waals surface area contributed by atoms with E-state index in [4.69, 9.17) is 10.5 Å². The highest BCUT2D eigenvalue weighted by Crippen LogP contribution is 2.28. The van der Waals surface area contributed by atoms with Gasteiger partial charge >= 0.3 is 5.97 Å². The number of ether oxygens (including phenoxy) is 1. The van der Waals surface area contributed by atoms with Crippen molar-refractivity contribution >= 4 is 23.5 Å². The van der Waals surface area contributed by atoms with Crippen molar-refractivity contribution in [2.75, 3.05) is 5.32 Å². The lowest BCUT2D eigenvalue weighted by molar-refractivity contribution is -0.155. The summed E-state index contributed by atoms with van der Waals surface area (Å²) in [6.45, 7) is 5.54. The Kier molecular flexibility index (Phi) is 7.32. The van der Waals surface area contributed by atoms with Gasteiger partial charge in [0.25, 0.3) is 5.91 Å². The van der Waals surface area contributed by atoms with E-state index in [1.54, 1.807) is 12.1 Å². The van der Waals surface area contributed by atoms with Crippen LogP contribution in [0.5, 0.6) is 0 Å². The minimum atomic E-state index is -0.960. The third kappa shape index (κ3) is 5.42. The zero-order valence-corrected chi connectivity index (χ0v) is 16.3. The zero-order chi connectivity index (χ0) is 20.7. The number of carbonyl (C=O) groups excluding carboxylic acids is 3. The first kappa shape index (κ1) is 21.2. The fourth-order valence-corrected chi connectivity index (χ4v) is 2.86. The quantitative estimate of drug-likeness (QED) is 0.683. The molecule has 0 aromatic heterocycles. The van der Waals surface area contributed by atoms with Gasteiger partial charge in [-0.15, -0.1) is 0 Å². The second-order valence-electron chi connectivity index (χ2n) is 6.78. The highest BCUT2D eigenvalue weighted by molar-refractivity contribution is 5.97. The maximum absolute atomic E-state index is 12.8. The van der Waals surface area contributed by atoms with Crippen LogP contribution in [0.25, 0.3) is 0 Å². The van der Waals surface area contributed by atoms with Gasteiger partial charge in [0.15, 0.2) is 6.10 Å². The van der Waals surface area contributed by atoms with Crippen molar-refractivity contribution < 1.29 is 19.1 Å². The van der Waals surface area contributed by atoms with Crippen molar-refractivity contribution in [3.63, 3.8) is 0 Å². The van der Waals surface area contributed by atoms with Crippen molar-refractivity contribution in [1.82, 2.24) is 0 Å². The van der Waals surface area contributed by atoms with Crippen LogP contribution in [0.1, 0.15) is 49.0 Å². The van der Waals surface area contributed by atoms with Gasteiger partial charge in [-0.2, -0.15) is 0 Å². The van der Waals surface area contributed by atoms with E-state index in [1.807, 2.05) is 44.2 Å². The third-order valence-electron chi connectivity index (χ3n) is 4.72. The summed E-state index contributed by atoms with van der Waals surface area (Å²) in [4.78, 5) is 36.3. The molecule has 0 heterocycles. The van der Waals surface area contributed by atoms with E-state index in [9.17, 15) is 14.4 Å². The first-order valence-corrected chi connectivity index (χ1v) is 9.29. The number of nitrogens with one attached hydrogen (secondary N) is 1. The number of amides is 2. The van der Waals surface area contributed by atoms with Crippen LogP contribution < -0.4 is 11.1 Å². The summed E-state index contributed by atoms with van der Waals surface area (Å²) in [6, 6.07) is 15.6. The minimum Gasteiger partial charge on any atom is -0.452 e. The minimum absolute atomic E-state index is 0.0755. The van der Waals surface area contributed by atoms with Crippen molar-refractivity contribution in [2.24, 2.45) is 11.7 Å². The molecule has 2 aromatic rings. The van der Waals surface area contributed by atoms with E-state index in [2.05, 4.69) is 5.32 Å². The van der Waals surface area contributed by atoms with Crippen LogP contribution in [0.15, 0.2) is 54.6 Å². The lowest BCUT2D eigenvalue weighted by Crippen LogP contribution is -2.33. The predicted molar refractivity (Wildman–Crippen MR) is 108 cm³/mol. The molecule has 2 amide bonds. The smallest absolute Gasteiger partial charge is 0.314 e. The van der Waals surface area contributed by atoms with Crippen LogP contribution >= 0.6 is 0 Å². The zero-order valence-electron chi connectivity index (χ0n) is 16.3. The molecule has 3 N–H and O–H groups in total. The lowest BCUT2D eigenvalue weighted by Gasteiger charge is -2.23. The maximum Gasteiger partial charge on any atom is 0.314 e. The molecule has 2 rings (SSSR count). The van der Waals surface area contributed by atoms with E-state index in [-0.39, 0.29) is 5.92 Å². The lowest BCUT2D eigenvalue weighted by atomic mass is 9.85. The predicted octanol–water partition coefficient (Wildman–Crippen LogP) is 3.49. The number of rotatable bonds is 8. The molecule has 6 heteroatoms. The van der Waals surface area contributed by atoms with E-state index in [1.165, 1.54) is 19.1 Å². The molecule has 0 aliphatic carbocycles. The second kappa shape index (κ2) is 9.69. The molecule has 6 nitrogen and oxygen atoms in total. The number of esters is 1. The monoisotopic (exact) mass is 382 g/mol. The van der Waals surface area contributed by atoms with Gasteiger partial charge in [-0.1, -0.05) is 50.6 Å². The summed E-state index contributed by atoms with van der Waals surface area (Å²) >= 11 is 0. The molecule has 0 aliphatic heterocycles. The van der Waals surface area contributed by atoms with Gasteiger partial charge < -0.3 is 15.8 Å². The number of hydrogen-bond acceptors (Lipinski definition) is 4. The standard InChI is InChI=1S/C22H26N2O4/c1-4-14(2)19(16-8-6-5-7-9-16)22(27)28-15(3)21(26)24-18-12-10-17(11-13-18)20(23)25/h5-15,19H,4H2,1-3H3,(H2,23,25)(H,24,26)/t14-,15+,19-/m0/s1. The highest BCUT2D eigenvalue weighted by Gasteiger charge is 2.30. The molecular formula is C22H26N2O4. The van der Waals surface area contributed by atoms with Gasteiger partial charge in [-0.05, 0) is 42.7 Å². The Hall–Kier alpha value is -3.15. The average molecular weight is 382 g/mol. The van der Waals surface area contributed by atoms with Gasteiger partial charge in [0.05, 0.1) is 5.92 Å². The van der Waals surface area contributed by atoms with E-state index < -0.39 is 29.8 Å². The molecule has 0 aliphatic rings. The normalized spacial score (nSPS) is 13.8. The van der Waals surface area contributed by atoms with Crippen molar-refractivity contribution in [3.8, 4) is 0 Å². The molecule has 28 heavy (non-hydrogen) atoms. The molecule has 0 saturated carbocycles. The molecule has 3 atom stereocenters. The number of benzene rings is 2. The molecule has 0 spiro atoms. The first-order valence-electron chi connectivity index (χ1n) is 9.29. The van der Waals surface area contributed by atoms with Crippen molar-refractivity contribution in [2.45, 2.75) is 39.2 Å². The Morgan fingerprint density at radius 3 is 2.14 bits per heavy atom. The largest absolute Gasteiger partial charge is 0.452 e. The van der Waals surface area contributed by atoms with Gasteiger partial charge in [0.2, 0.25) is 5.91 Å². The molecule has 148 valence electrons.